The summed E-state index contributed by atoms with van der Waals surface area (Å²) in [5.74, 6) is -0.294. The lowest BCUT2D eigenvalue weighted by Crippen LogP contribution is -2.06. The molecule has 0 saturated carbocycles. The Morgan fingerprint density at radius 2 is 1.74 bits per heavy atom. The number of nitrogens with zero attached hydrogens (tertiary/aromatic N) is 2. The average Bonchev–Trinajstić information content (AvgIpc) is 2.36. The van der Waals surface area contributed by atoms with E-state index in [1.807, 2.05) is 19.1 Å². The third kappa shape index (κ3) is 4.11. The molecule has 0 atom stereocenters. The number of aryl methyl sites for hydroxylation is 2. The molecule has 0 spiro atoms. The number of hydrogen-bond donors (Lipinski definition) is 1. The van der Waals surface area contributed by atoms with Crippen molar-refractivity contribution in [2.45, 2.75) is 13.3 Å². The van der Waals surface area contributed by atoms with Crippen molar-refractivity contribution >= 4 is 10.1 Å². The summed E-state index contributed by atoms with van der Waals surface area (Å²) in [5, 5.41) is 0. The summed E-state index contributed by atoms with van der Waals surface area (Å²) in [6.07, 6.45) is 3.57. The van der Waals surface area contributed by atoms with E-state index in [9.17, 15) is 8.42 Å². The Kier molecular flexibility index (Phi) is 3.92. The summed E-state index contributed by atoms with van der Waals surface area (Å²) in [7, 11) is -3.94. The molecule has 5 nitrogen and oxygen atoms in total. The number of aromatic nitrogens is 2. The van der Waals surface area contributed by atoms with Gasteiger partial charge in [-0.3, -0.25) is 14.5 Å². The first-order chi connectivity index (χ1) is 8.94. The zero-order chi connectivity index (χ0) is 13.9. The largest absolute Gasteiger partial charge is 0.286 e. The van der Waals surface area contributed by atoms with E-state index in [1.165, 1.54) is 0 Å². The van der Waals surface area contributed by atoms with Crippen LogP contribution in [0.1, 0.15) is 11.1 Å². The molecule has 0 aliphatic heterocycles. The van der Waals surface area contributed by atoms with Crippen LogP contribution in [0.4, 0.5) is 0 Å². The molecule has 0 amide bonds. The molecule has 0 aliphatic rings. The standard InChI is InChI=1S/C13H14N2O3S/c1-10-2-5-14-12(8-10)13-9-11(3-6-15-13)4-7-19(16,17)18/h2-3,5-6,8-9H,4,7H2,1H3,(H,16,17,18). The second-order valence-electron chi connectivity index (χ2n) is 4.30. The highest BCUT2D eigenvalue weighted by molar-refractivity contribution is 7.85. The normalized spacial score (nSPS) is 11.5. The van der Waals surface area contributed by atoms with Crippen molar-refractivity contribution in [1.29, 1.82) is 0 Å². The maximum Gasteiger partial charge on any atom is 0.265 e. The average molecular weight is 278 g/mol. The highest BCUT2D eigenvalue weighted by atomic mass is 32.2. The first kappa shape index (κ1) is 13.6. The van der Waals surface area contributed by atoms with Crippen LogP contribution < -0.4 is 0 Å². The Labute approximate surface area is 112 Å². The van der Waals surface area contributed by atoms with Gasteiger partial charge in [-0.2, -0.15) is 8.42 Å². The maximum absolute atomic E-state index is 10.7. The van der Waals surface area contributed by atoms with E-state index in [4.69, 9.17) is 4.55 Å². The van der Waals surface area contributed by atoms with E-state index in [0.717, 1.165) is 16.8 Å². The fourth-order valence-electron chi connectivity index (χ4n) is 1.69. The van der Waals surface area contributed by atoms with Crippen LogP contribution in [0.3, 0.4) is 0 Å². The van der Waals surface area contributed by atoms with Gasteiger partial charge in [0.15, 0.2) is 0 Å². The smallest absolute Gasteiger partial charge is 0.265 e. The zero-order valence-corrected chi connectivity index (χ0v) is 11.3. The van der Waals surface area contributed by atoms with Crippen molar-refractivity contribution in [3.63, 3.8) is 0 Å². The van der Waals surface area contributed by atoms with E-state index >= 15 is 0 Å². The SMILES string of the molecule is Cc1ccnc(-c2cc(CCS(=O)(=O)O)ccn2)c1. The van der Waals surface area contributed by atoms with Crippen molar-refractivity contribution in [2.24, 2.45) is 0 Å². The lowest BCUT2D eigenvalue weighted by Gasteiger charge is -2.04. The summed E-state index contributed by atoms with van der Waals surface area (Å²) in [4.78, 5) is 8.45. The molecule has 0 unspecified atom stereocenters. The van der Waals surface area contributed by atoms with Gasteiger partial charge in [-0.1, -0.05) is 0 Å². The third-order valence-corrected chi connectivity index (χ3v) is 3.37. The quantitative estimate of drug-likeness (QED) is 0.864. The highest BCUT2D eigenvalue weighted by Crippen LogP contribution is 2.16. The monoisotopic (exact) mass is 278 g/mol. The van der Waals surface area contributed by atoms with E-state index in [-0.39, 0.29) is 12.2 Å². The Morgan fingerprint density at radius 3 is 2.37 bits per heavy atom. The molecule has 0 radical (unpaired) electrons. The van der Waals surface area contributed by atoms with Gasteiger partial charge in [-0.15, -0.1) is 0 Å². The van der Waals surface area contributed by atoms with Gasteiger partial charge < -0.3 is 0 Å². The van der Waals surface area contributed by atoms with E-state index in [2.05, 4.69) is 9.97 Å². The summed E-state index contributed by atoms with van der Waals surface area (Å²) >= 11 is 0. The van der Waals surface area contributed by atoms with Gasteiger partial charge >= 0.3 is 0 Å². The molecule has 2 aromatic heterocycles. The predicted molar refractivity (Wildman–Crippen MR) is 72.3 cm³/mol. The van der Waals surface area contributed by atoms with Crippen LogP contribution in [0.5, 0.6) is 0 Å². The van der Waals surface area contributed by atoms with Crippen molar-refractivity contribution in [1.82, 2.24) is 9.97 Å². The molecule has 2 rings (SSSR count). The van der Waals surface area contributed by atoms with E-state index in [0.29, 0.717) is 5.69 Å². The zero-order valence-electron chi connectivity index (χ0n) is 10.4. The minimum absolute atomic E-state index is 0.250. The second-order valence-corrected chi connectivity index (χ2v) is 5.88. The predicted octanol–water partition coefficient (Wildman–Crippen LogP) is 1.88. The molecule has 6 heteroatoms. The van der Waals surface area contributed by atoms with Crippen LogP contribution in [0.15, 0.2) is 36.7 Å². The van der Waals surface area contributed by atoms with Gasteiger partial charge in [-0.25, -0.2) is 0 Å². The van der Waals surface area contributed by atoms with Crippen LogP contribution in [-0.4, -0.2) is 28.7 Å². The molecule has 1 N–H and O–H groups in total. The van der Waals surface area contributed by atoms with Gasteiger partial charge in [0.05, 0.1) is 17.1 Å². The Morgan fingerprint density at radius 1 is 1.11 bits per heavy atom. The maximum atomic E-state index is 10.7. The first-order valence-electron chi connectivity index (χ1n) is 5.77. The van der Waals surface area contributed by atoms with Gasteiger partial charge in [-0.05, 0) is 48.7 Å². The summed E-state index contributed by atoms with van der Waals surface area (Å²) < 4.78 is 30.2. The summed E-state index contributed by atoms with van der Waals surface area (Å²) in [5.41, 5.74) is 3.31. The molecular formula is C13H14N2O3S. The molecule has 19 heavy (non-hydrogen) atoms. The molecule has 100 valence electrons. The van der Waals surface area contributed by atoms with Crippen LogP contribution in [-0.2, 0) is 16.5 Å². The van der Waals surface area contributed by atoms with Gasteiger partial charge in [0, 0.05) is 12.4 Å². The van der Waals surface area contributed by atoms with Crippen molar-refractivity contribution < 1.29 is 13.0 Å². The molecule has 0 saturated heterocycles. The third-order valence-electron chi connectivity index (χ3n) is 2.65. The molecule has 0 bridgehead atoms. The first-order valence-corrected chi connectivity index (χ1v) is 7.38. The topological polar surface area (TPSA) is 80.2 Å². The number of rotatable bonds is 4. The molecule has 2 heterocycles. The van der Waals surface area contributed by atoms with Gasteiger partial charge in [0.25, 0.3) is 10.1 Å². The molecule has 0 fully saturated rings. The van der Waals surface area contributed by atoms with Crippen LogP contribution >= 0.6 is 0 Å². The lowest BCUT2D eigenvalue weighted by molar-refractivity contribution is 0.482. The minimum atomic E-state index is -3.94. The lowest BCUT2D eigenvalue weighted by atomic mass is 10.1. The van der Waals surface area contributed by atoms with E-state index < -0.39 is 10.1 Å². The highest BCUT2D eigenvalue weighted by Gasteiger charge is 2.07. The second kappa shape index (κ2) is 5.46. The number of pyridine rings is 2. The van der Waals surface area contributed by atoms with Crippen molar-refractivity contribution in [2.75, 3.05) is 5.75 Å². The minimum Gasteiger partial charge on any atom is -0.286 e. The van der Waals surface area contributed by atoms with Crippen LogP contribution in [0, 0.1) is 6.92 Å². The Bertz CT molecular complexity index is 684. The Hall–Kier alpha value is -1.79. The molecule has 0 aliphatic carbocycles. The van der Waals surface area contributed by atoms with Crippen LogP contribution in [0.25, 0.3) is 11.4 Å². The Balaban J connectivity index is 2.24. The van der Waals surface area contributed by atoms with Crippen molar-refractivity contribution in [3.8, 4) is 11.4 Å². The molecular weight excluding hydrogens is 264 g/mol. The summed E-state index contributed by atoms with van der Waals surface area (Å²) in [6.45, 7) is 1.97. The van der Waals surface area contributed by atoms with Gasteiger partial charge in [0.2, 0.25) is 0 Å². The molecule has 0 aromatic carbocycles. The van der Waals surface area contributed by atoms with Crippen molar-refractivity contribution in [3.05, 3.63) is 47.8 Å². The summed E-state index contributed by atoms with van der Waals surface area (Å²) in [6, 6.07) is 7.32. The van der Waals surface area contributed by atoms with Gasteiger partial charge in [0.1, 0.15) is 0 Å². The fraction of sp³-hybridized carbons (Fsp3) is 0.231. The van der Waals surface area contributed by atoms with Crippen LogP contribution in [0.2, 0.25) is 0 Å². The fourth-order valence-corrected chi connectivity index (χ4v) is 2.19. The molecule has 2 aromatic rings. The van der Waals surface area contributed by atoms with E-state index in [1.54, 1.807) is 24.5 Å². The number of hydrogen-bond acceptors (Lipinski definition) is 4.